The molecule has 2 aromatic carbocycles. The van der Waals surface area contributed by atoms with Crippen LogP contribution in [0.25, 0.3) is 11.6 Å². The number of benzene rings is 2. The van der Waals surface area contributed by atoms with Crippen molar-refractivity contribution in [2.24, 2.45) is 5.92 Å². The van der Waals surface area contributed by atoms with E-state index in [0.717, 1.165) is 40.5 Å². The third-order valence-corrected chi connectivity index (χ3v) is 8.39. The molecule has 0 aromatic heterocycles. The van der Waals surface area contributed by atoms with Gasteiger partial charge in [0.15, 0.2) is 18.0 Å². The highest BCUT2D eigenvalue weighted by Crippen LogP contribution is 2.45. The number of aryl methyl sites for hydroxylation is 1. The van der Waals surface area contributed by atoms with Crippen LogP contribution in [0.2, 0.25) is 0 Å². The van der Waals surface area contributed by atoms with Gasteiger partial charge in [-0.3, -0.25) is 19.2 Å². The molecule has 0 spiro atoms. The summed E-state index contributed by atoms with van der Waals surface area (Å²) in [6.07, 6.45) is 4.31. The molecule has 1 fully saturated rings. The van der Waals surface area contributed by atoms with Crippen LogP contribution in [0.3, 0.4) is 0 Å². The van der Waals surface area contributed by atoms with Crippen LogP contribution in [0.5, 0.6) is 0 Å². The predicted octanol–water partition coefficient (Wildman–Crippen LogP) is 5.74. The smallest absolute Gasteiger partial charge is 0.307 e. The summed E-state index contributed by atoms with van der Waals surface area (Å²) in [4.78, 5) is 48.5. The molecule has 1 heterocycles. The molecule has 1 N–H and O–H groups in total. The molecule has 10 heteroatoms. The van der Waals surface area contributed by atoms with E-state index in [4.69, 9.17) is 28.8 Å². The van der Waals surface area contributed by atoms with Gasteiger partial charge in [0, 0.05) is 34.3 Å². The Morgan fingerprint density at radius 3 is 2.17 bits per heavy atom. The molecule has 6 atom stereocenters. The number of carbonyl (C=O) groups excluding carboxylic acids is 4. The maximum Gasteiger partial charge on any atom is 0.307 e. The van der Waals surface area contributed by atoms with E-state index in [1.807, 2.05) is 18.2 Å². The molecular weight excluding hydrogens is 616 g/mol. The molecule has 0 bridgehead atoms. The third-order valence-electron chi connectivity index (χ3n) is 8.39. The number of esters is 4. The SMILES string of the molecule is CC(=O)O/C=C1\O[C@@H](CC2c3cccc(C)c3C(Cc3ccc(/C=C/CCO)cc3)=CC2C)[C@H](OC(C)=O)C(OC(C)=O)[C@@H]1OC(C)=O. The minimum atomic E-state index is -1.33. The van der Waals surface area contributed by atoms with Crippen LogP contribution >= 0.6 is 0 Å². The minimum Gasteiger partial charge on any atom is -0.483 e. The Morgan fingerprint density at radius 1 is 0.875 bits per heavy atom. The highest BCUT2D eigenvalue weighted by atomic mass is 16.6. The van der Waals surface area contributed by atoms with Crippen molar-refractivity contribution in [1.29, 1.82) is 0 Å². The fourth-order valence-electron chi connectivity index (χ4n) is 6.47. The molecule has 1 aliphatic heterocycles. The summed E-state index contributed by atoms with van der Waals surface area (Å²) in [6, 6.07) is 14.5. The van der Waals surface area contributed by atoms with E-state index in [1.54, 1.807) is 0 Å². The van der Waals surface area contributed by atoms with Gasteiger partial charge in [-0.15, -0.1) is 0 Å². The van der Waals surface area contributed by atoms with Gasteiger partial charge in [0.05, 0.1) is 0 Å². The molecule has 256 valence electrons. The van der Waals surface area contributed by atoms with Crippen molar-refractivity contribution in [2.45, 2.75) is 91.1 Å². The summed E-state index contributed by atoms with van der Waals surface area (Å²) in [5, 5.41) is 9.05. The number of allylic oxidation sites excluding steroid dienone is 2. The van der Waals surface area contributed by atoms with Gasteiger partial charge in [0.25, 0.3) is 0 Å². The van der Waals surface area contributed by atoms with Crippen LogP contribution in [0.15, 0.2) is 66.6 Å². The van der Waals surface area contributed by atoms with E-state index in [2.05, 4.69) is 56.3 Å². The fraction of sp³-hybridized carbons (Fsp3) is 0.421. The molecule has 0 amide bonds. The van der Waals surface area contributed by atoms with E-state index in [1.165, 1.54) is 33.3 Å². The Labute approximate surface area is 281 Å². The van der Waals surface area contributed by atoms with E-state index in [-0.39, 0.29) is 24.2 Å². The number of rotatable bonds is 11. The van der Waals surface area contributed by atoms with Crippen molar-refractivity contribution < 1.29 is 48.0 Å². The maximum absolute atomic E-state index is 12.4. The number of carbonyl (C=O) groups is 4. The summed E-state index contributed by atoms with van der Waals surface area (Å²) >= 11 is 0. The lowest BCUT2D eigenvalue weighted by Gasteiger charge is -2.43. The molecule has 4 rings (SSSR count). The highest BCUT2D eigenvalue weighted by Gasteiger charge is 2.51. The van der Waals surface area contributed by atoms with E-state index >= 15 is 0 Å². The van der Waals surface area contributed by atoms with Crippen LogP contribution in [0, 0.1) is 12.8 Å². The Hall–Kier alpha value is -4.70. The lowest BCUT2D eigenvalue weighted by Crippen LogP contribution is -2.56. The summed E-state index contributed by atoms with van der Waals surface area (Å²) in [7, 11) is 0. The Morgan fingerprint density at radius 2 is 1.54 bits per heavy atom. The number of ether oxygens (including phenoxy) is 5. The van der Waals surface area contributed by atoms with Gasteiger partial charge in [-0.1, -0.05) is 67.6 Å². The molecule has 0 saturated carbocycles. The molecule has 2 aromatic rings. The van der Waals surface area contributed by atoms with E-state index < -0.39 is 48.3 Å². The van der Waals surface area contributed by atoms with Gasteiger partial charge in [-0.05, 0) is 71.4 Å². The molecule has 3 unspecified atom stereocenters. The number of aliphatic hydroxyl groups excluding tert-OH is 1. The van der Waals surface area contributed by atoms with Gasteiger partial charge in [0.2, 0.25) is 6.10 Å². The Bertz CT molecular complexity index is 1580. The highest BCUT2D eigenvalue weighted by molar-refractivity contribution is 5.76. The second-order valence-corrected chi connectivity index (χ2v) is 12.2. The van der Waals surface area contributed by atoms with Crippen LogP contribution in [0.1, 0.15) is 81.2 Å². The number of hydrogen-bond donors (Lipinski definition) is 1. The zero-order chi connectivity index (χ0) is 35.0. The molecule has 1 aliphatic carbocycles. The van der Waals surface area contributed by atoms with Crippen LogP contribution < -0.4 is 0 Å². The minimum absolute atomic E-state index is 0.0239. The zero-order valence-electron chi connectivity index (χ0n) is 28.3. The van der Waals surface area contributed by atoms with Crippen LogP contribution in [-0.2, 0) is 49.3 Å². The van der Waals surface area contributed by atoms with Gasteiger partial charge in [-0.25, -0.2) is 0 Å². The molecule has 48 heavy (non-hydrogen) atoms. The van der Waals surface area contributed by atoms with E-state index in [0.29, 0.717) is 12.8 Å². The number of fused-ring (bicyclic) bond motifs is 1. The quantitative estimate of drug-likeness (QED) is 0.181. The van der Waals surface area contributed by atoms with Gasteiger partial charge >= 0.3 is 23.9 Å². The lowest BCUT2D eigenvalue weighted by atomic mass is 9.71. The third kappa shape index (κ3) is 9.22. The number of hydrogen-bond acceptors (Lipinski definition) is 10. The number of aliphatic hydroxyl groups is 1. The molecule has 2 aliphatic rings. The average molecular weight is 661 g/mol. The lowest BCUT2D eigenvalue weighted by molar-refractivity contribution is -0.212. The standard InChI is InChI=1S/C38H44O10/c1-22-10-9-12-31-32(23(2)18-30(35(22)31)19-29-15-13-28(14-16-29)11-7-8-17-39)20-33-36(45-25(4)41)38(47-27(6)43)37(46-26(5)42)34(48-33)21-44-24(3)40/h7,9-16,18,21,23,32-33,36-39H,8,17,19-20H2,1-6H3/b11-7+,34-21-/t23?,32?,33-,36-,37+,38?/m0/s1. The van der Waals surface area contributed by atoms with Crippen molar-refractivity contribution in [3.63, 3.8) is 0 Å². The van der Waals surface area contributed by atoms with Crippen molar-refractivity contribution in [3.8, 4) is 0 Å². The summed E-state index contributed by atoms with van der Waals surface area (Å²) in [5.41, 5.74) is 6.77. The van der Waals surface area contributed by atoms with Crippen molar-refractivity contribution in [1.82, 2.24) is 0 Å². The molecular formula is C38H44O10. The van der Waals surface area contributed by atoms with Crippen LogP contribution in [0.4, 0.5) is 0 Å². The van der Waals surface area contributed by atoms with Gasteiger partial charge in [-0.2, -0.15) is 0 Å². The molecule has 1 saturated heterocycles. The predicted molar refractivity (Wildman–Crippen MR) is 178 cm³/mol. The normalized spacial score (nSPS) is 24.2. The van der Waals surface area contributed by atoms with Crippen molar-refractivity contribution in [2.75, 3.05) is 6.61 Å². The molecule has 0 radical (unpaired) electrons. The summed E-state index contributed by atoms with van der Waals surface area (Å²) < 4.78 is 28.3. The summed E-state index contributed by atoms with van der Waals surface area (Å²) in [6.45, 7) is 9.14. The van der Waals surface area contributed by atoms with Crippen molar-refractivity contribution >= 4 is 35.5 Å². The van der Waals surface area contributed by atoms with Gasteiger partial charge in [0.1, 0.15) is 12.4 Å². The monoisotopic (exact) mass is 660 g/mol. The van der Waals surface area contributed by atoms with E-state index in [9.17, 15) is 19.2 Å². The second kappa shape index (κ2) is 16.4. The summed E-state index contributed by atoms with van der Waals surface area (Å²) in [5.74, 6) is -2.78. The topological polar surface area (TPSA) is 135 Å². The first kappa shape index (κ1) is 36.1. The second-order valence-electron chi connectivity index (χ2n) is 12.2. The Balaban J connectivity index is 1.71. The Kier molecular flexibility index (Phi) is 12.4. The maximum atomic E-state index is 12.4. The zero-order valence-corrected chi connectivity index (χ0v) is 28.3. The fourth-order valence-corrected chi connectivity index (χ4v) is 6.47. The van der Waals surface area contributed by atoms with Crippen LogP contribution in [-0.4, -0.2) is 60.0 Å². The molecule has 10 nitrogen and oxygen atoms in total. The first-order valence-electron chi connectivity index (χ1n) is 16.1. The van der Waals surface area contributed by atoms with Crippen molar-refractivity contribution in [3.05, 3.63) is 94.5 Å². The first-order valence-corrected chi connectivity index (χ1v) is 16.1. The average Bonchev–Trinajstić information content (AvgIpc) is 3.01. The van der Waals surface area contributed by atoms with Gasteiger partial charge < -0.3 is 28.8 Å². The first-order chi connectivity index (χ1) is 22.9. The largest absolute Gasteiger partial charge is 0.483 e.